The third-order valence-corrected chi connectivity index (χ3v) is 8.16. The summed E-state index contributed by atoms with van der Waals surface area (Å²) in [6.45, 7) is 7.15. The third-order valence-electron chi connectivity index (χ3n) is 4.63. The fraction of sp³-hybridized carbons (Fsp3) is 0.263. The molecule has 1 aromatic heterocycles. The Labute approximate surface area is 128 Å². The lowest BCUT2D eigenvalue weighted by Crippen LogP contribution is -2.52. The van der Waals surface area contributed by atoms with Crippen LogP contribution in [-0.2, 0) is 13.5 Å². The molecule has 2 aromatic carbocycles. The minimum atomic E-state index is -1.66. The summed E-state index contributed by atoms with van der Waals surface area (Å²) in [5, 5.41) is 4.48. The lowest BCUT2D eigenvalue weighted by Gasteiger charge is -2.22. The van der Waals surface area contributed by atoms with Gasteiger partial charge in [0.25, 0.3) is 0 Å². The van der Waals surface area contributed by atoms with Gasteiger partial charge >= 0.3 is 0 Å². The van der Waals surface area contributed by atoms with Crippen LogP contribution in [0, 0.1) is 0 Å². The fourth-order valence-electron chi connectivity index (χ4n) is 3.35. The van der Waals surface area contributed by atoms with Crippen molar-refractivity contribution in [2.45, 2.75) is 26.4 Å². The molecule has 0 bridgehead atoms. The molecular formula is C19H23NSi. The molecule has 0 N–H and O–H groups in total. The van der Waals surface area contributed by atoms with Gasteiger partial charge in [-0.1, -0.05) is 73.7 Å². The molecule has 0 aliphatic heterocycles. The normalized spacial score (nSPS) is 12.0. The SMILES string of the molecule is CCc1cccc2c([Si](C)(C)c3ccccc3)cn(C)c12. The van der Waals surface area contributed by atoms with Gasteiger partial charge in [0.1, 0.15) is 8.07 Å². The van der Waals surface area contributed by atoms with Crippen molar-refractivity contribution in [2.24, 2.45) is 7.05 Å². The predicted molar refractivity (Wildman–Crippen MR) is 95.5 cm³/mol. The van der Waals surface area contributed by atoms with E-state index in [-0.39, 0.29) is 0 Å². The Morgan fingerprint density at radius 2 is 1.67 bits per heavy atom. The molecule has 108 valence electrons. The van der Waals surface area contributed by atoms with E-state index >= 15 is 0 Å². The minimum Gasteiger partial charge on any atom is -0.350 e. The van der Waals surface area contributed by atoms with Gasteiger partial charge < -0.3 is 4.57 Å². The van der Waals surface area contributed by atoms with Gasteiger partial charge in [0.15, 0.2) is 0 Å². The van der Waals surface area contributed by atoms with Crippen LogP contribution < -0.4 is 10.4 Å². The van der Waals surface area contributed by atoms with Crippen LogP contribution in [0.3, 0.4) is 0 Å². The van der Waals surface area contributed by atoms with E-state index in [9.17, 15) is 0 Å². The van der Waals surface area contributed by atoms with E-state index in [4.69, 9.17) is 0 Å². The summed E-state index contributed by atoms with van der Waals surface area (Å²) < 4.78 is 2.32. The van der Waals surface area contributed by atoms with Gasteiger partial charge in [-0.05, 0) is 22.6 Å². The molecule has 3 rings (SSSR count). The number of hydrogen-bond donors (Lipinski definition) is 0. The van der Waals surface area contributed by atoms with E-state index in [0.29, 0.717) is 0 Å². The summed E-state index contributed by atoms with van der Waals surface area (Å²) in [6.07, 6.45) is 3.45. The lowest BCUT2D eigenvalue weighted by molar-refractivity contribution is 0.957. The number of aryl methyl sites for hydroxylation is 2. The Hall–Kier alpha value is -1.80. The first-order valence-corrected chi connectivity index (χ1v) is 10.7. The summed E-state index contributed by atoms with van der Waals surface area (Å²) in [6, 6.07) is 17.7. The maximum Gasteiger partial charge on any atom is 0.115 e. The highest BCUT2D eigenvalue weighted by Gasteiger charge is 2.29. The first kappa shape index (κ1) is 14.1. The van der Waals surface area contributed by atoms with Crippen LogP contribution in [0.2, 0.25) is 13.1 Å². The molecule has 0 fully saturated rings. The molecule has 0 radical (unpaired) electrons. The third kappa shape index (κ3) is 2.24. The van der Waals surface area contributed by atoms with Crippen molar-refractivity contribution in [3.8, 4) is 0 Å². The Balaban J connectivity index is 2.26. The second-order valence-electron chi connectivity index (χ2n) is 6.31. The summed E-state index contributed by atoms with van der Waals surface area (Å²) in [7, 11) is 0.525. The Kier molecular flexibility index (Phi) is 3.50. The van der Waals surface area contributed by atoms with E-state index < -0.39 is 8.07 Å². The van der Waals surface area contributed by atoms with Crippen molar-refractivity contribution in [2.75, 3.05) is 0 Å². The molecule has 0 atom stereocenters. The average Bonchev–Trinajstić information content (AvgIpc) is 2.86. The van der Waals surface area contributed by atoms with Crippen LogP contribution in [0.5, 0.6) is 0 Å². The smallest absolute Gasteiger partial charge is 0.115 e. The maximum absolute atomic E-state index is 2.45. The standard InChI is InChI=1S/C19H23NSi/c1-5-15-10-9-13-17-18(14-20(2)19(15)17)21(3,4)16-11-7-6-8-12-16/h6-14H,5H2,1-4H3. The zero-order chi connectivity index (χ0) is 15.0. The van der Waals surface area contributed by atoms with Gasteiger partial charge in [-0.2, -0.15) is 0 Å². The van der Waals surface area contributed by atoms with Crippen LogP contribution in [0.1, 0.15) is 12.5 Å². The molecule has 0 unspecified atom stereocenters. The van der Waals surface area contributed by atoms with E-state index in [1.807, 2.05) is 0 Å². The molecule has 1 heterocycles. The van der Waals surface area contributed by atoms with Crippen LogP contribution >= 0.6 is 0 Å². The number of aromatic nitrogens is 1. The molecule has 0 saturated carbocycles. The maximum atomic E-state index is 2.45. The zero-order valence-electron chi connectivity index (χ0n) is 13.4. The van der Waals surface area contributed by atoms with Gasteiger partial charge in [0.2, 0.25) is 0 Å². The predicted octanol–water partition coefficient (Wildman–Crippen LogP) is 3.56. The van der Waals surface area contributed by atoms with Crippen molar-refractivity contribution in [3.05, 3.63) is 60.3 Å². The van der Waals surface area contributed by atoms with Crippen LogP contribution in [0.4, 0.5) is 0 Å². The number of hydrogen-bond acceptors (Lipinski definition) is 0. The molecule has 0 spiro atoms. The van der Waals surface area contributed by atoms with Crippen LogP contribution in [-0.4, -0.2) is 12.6 Å². The number of nitrogens with zero attached hydrogens (tertiary/aromatic N) is 1. The topological polar surface area (TPSA) is 4.93 Å². The van der Waals surface area contributed by atoms with Gasteiger partial charge in [0.05, 0.1) is 5.52 Å². The summed E-state index contributed by atoms with van der Waals surface area (Å²) in [5.41, 5.74) is 2.85. The van der Waals surface area contributed by atoms with E-state index in [1.54, 1.807) is 5.19 Å². The molecule has 21 heavy (non-hydrogen) atoms. The Bertz CT molecular complexity index is 769. The Morgan fingerprint density at radius 3 is 2.33 bits per heavy atom. The van der Waals surface area contributed by atoms with Crippen molar-refractivity contribution in [3.63, 3.8) is 0 Å². The van der Waals surface area contributed by atoms with Crippen molar-refractivity contribution in [1.82, 2.24) is 4.57 Å². The zero-order valence-corrected chi connectivity index (χ0v) is 14.4. The molecule has 0 amide bonds. The number of fused-ring (bicyclic) bond motifs is 1. The minimum absolute atomic E-state index is 1.09. The highest BCUT2D eigenvalue weighted by molar-refractivity contribution is 7.01. The van der Waals surface area contributed by atoms with Gasteiger partial charge in [-0.3, -0.25) is 0 Å². The second-order valence-corrected chi connectivity index (χ2v) is 10.7. The average molecular weight is 293 g/mol. The molecular weight excluding hydrogens is 270 g/mol. The van der Waals surface area contributed by atoms with E-state index in [1.165, 1.54) is 21.7 Å². The molecule has 0 aliphatic carbocycles. The fourth-order valence-corrected chi connectivity index (χ4v) is 6.07. The van der Waals surface area contributed by atoms with E-state index in [0.717, 1.165) is 6.42 Å². The van der Waals surface area contributed by atoms with Crippen molar-refractivity contribution in [1.29, 1.82) is 0 Å². The summed E-state index contributed by atoms with van der Waals surface area (Å²) in [4.78, 5) is 0. The lowest BCUT2D eigenvalue weighted by atomic mass is 10.1. The monoisotopic (exact) mass is 293 g/mol. The van der Waals surface area contributed by atoms with Crippen molar-refractivity contribution < 1.29 is 0 Å². The number of para-hydroxylation sites is 1. The first-order chi connectivity index (χ1) is 10.1. The van der Waals surface area contributed by atoms with Crippen molar-refractivity contribution >= 4 is 29.4 Å². The largest absolute Gasteiger partial charge is 0.350 e. The van der Waals surface area contributed by atoms with Gasteiger partial charge in [0, 0.05) is 13.2 Å². The summed E-state index contributed by atoms with van der Waals surface area (Å²) in [5.74, 6) is 0. The first-order valence-electron chi connectivity index (χ1n) is 7.68. The Morgan fingerprint density at radius 1 is 0.952 bits per heavy atom. The highest BCUT2D eigenvalue weighted by atomic mass is 28.3. The van der Waals surface area contributed by atoms with Crippen LogP contribution in [0.25, 0.3) is 10.9 Å². The molecule has 3 aromatic rings. The molecule has 0 saturated heterocycles. The highest BCUT2D eigenvalue weighted by Crippen LogP contribution is 2.21. The quantitative estimate of drug-likeness (QED) is 0.651. The number of rotatable bonds is 3. The second kappa shape index (κ2) is 5.19. The van der Waals surface area contributed by atoms with Crippen LogP contribution in [0.15, 0.2) is 54.7 Å². The molecule has 1 nitrogen and oxygen atoms in total. The molecule has 2 heteroatoms. The number of benzene rings is 2. The van der Waals surface area contributed by atoms with E-state index in [2.05, 4.69) is 86.4 Å². The summed E-state index contributed by atoms with van der Waals surface area (Å²) >= 11 is 0. The molecule has 0 aliphatic rings. The van der Waals surface area contributed by atoms with Gasteiger partial charge in [-0.25, -0.2) is 0 Å². The van der Waals surface area contributed by atoms with Gasteiger partial charge in [-0.15, -0.1) is 0 Å².